The van der Waals surface area contributed by atoms with Crippen LogP contribution in [0, 0.1) is 0 Å². The molecular weight excluding hydrogens is 292 g/mol. The zero-order chi connectivity index (χ0) is 16.2. The first-order valence-corrected chi connectivity index (χ1v) is 8.95. The predicted molar refractivity (Wildman–Crippen MR) is 90.7 cm³/mol. The van der Waals surface area contributed by atoms with E-state index in [1.165, 1.54) is 12.0 Å². The van der Waals surface area contributed by atoms with E-state index in [4.69, 9.17) is 19.3 Å². The van der Waals surface area contributed by atoms with Crippen molar-refractivity contribution >= 4 is 0 Å². The fourth-order valence-electron chi connectivity index (χ4n) is 2.72. The molecule has 0 aliphatic carbocycles. The van der Waals surface area contributed by atoms with Gasteiger partial charge >= 0.3 is 0 Å². The quantitative estimate of drug-likeness (QED) is 0.631. The second-order valence-corrected chi connectivity index (χ2v) is 6.01. The summed E-state index contributed by atoms with van der Waals surface area (Å²) in [4.78, 5) is 0. The van der Waals surface area contributed by atoms with Crippen LogP contribution in [0.4, 0.5) is 0 Å². The molecule has 4 heteroatoms. The van der Waals surface area contributed by atoms with Gasteiger partial charge in [0.25, 0.3) is 0 Å². The minimum absolute atomic E-state index is 0.0193. The van der Waals surface area contributed by atoms with Gasteiger partial charge in [-0.3, -0.25) is 0 Å². The van der Waals surface area contributed by atoms with Crippen molar-refractivity contribution in [1.29, 1.82) is 0 Å². The minimum Gasteiger partial charge on any atom is -0.493 e. The van der Waals surface area contributed by atoms with Crippen LogP contribution in [0.1, 0.15) is 50.5 Å². The zero-order valence-corrected chi connectivity index (χ0v) is 14.0. The molecule has 1 heterocycles. The Morgan fingerprint density at radius 2 is 1.91 bits per heavy atom. The van der Waals surface area contributed by atoms with Crippen LogP contribution in [0.5, 0.6) is 5.75 Å². The Morgan fingerprint density at radius 1 is 1.04 bits per heavy atom. The van der Waals surface area contributed by atoms with Crippen LogP contribution in [0.3, 0.4) is 0 Å². The lowest BCUT2D eigenvalue weighted by atomic mass is 10.1. The van der Waals surface area contributed by atoms with Gasteiger partial charge in [-0.1, -0.05) is 18.2 Å². The van der Waals surface area contributed by atoms with Crippen LogP contribution in [0.15, 0.2) is 24.3 Å². The summed E-state index contributed by atoms with van der Waals surface area (Å²) in [6.07, 6.45) is 8.24. The maximum absolute atomic E-state index is 8.80. The highest BCUT2D eigenvalue weighted by molar-refractivity contribution is 5.33. The van der Waals surface area contributed by atoms with E-state index in [0.717, 1.165) is 63.9 Å². The number of benzene rings is 1. The highest BCUT2D eigenvalue weighted by atomic mass is 16.7. The second kappa shape index (κ2) is 11.4. The lowest BCUT2D eigenvalue weighted by Crippen LogP contribution is -2.22. The molecule has 1 fully saturated rings. The maximum Gasteiger partial charge on any atom is 0.157 e. The Labute approximate surface area is 139 Å². The average Bonchev–Trinajstić information content (AvgIpc) is 2.60. The zero-order valence-electron chi connectivity index (χ0n) is 14.0. The lowest BCUT2D eigenvalue weighted by Gasteiger charge is -2.22. The third-order valence-corrected chi connectivity index (χ3v) is 4.06. The first-order valence-electron chi connectivity index (χ1n) is 8.95. The molecule has 0 amide bonds. The summed E-state index contributed by atoms with van der Waals surface area (Å²) in [7, 11) is 0. The van der Waals surface area contributed by atoms with Gasteiger partial charge in [-0.2, -0.15) is 0 Å². The first-order chi connectivity index (χ1) is 11.4. The molecule has 1 aromatic rings. The normalized spacial score (nSPS) is 18.0. The van der Waals surface area contributed by atoms with Gasteiger partial charge in [0, 0.05) is 19.8 Å². The number of unbranched alkanes of at least 4 members (excludes halogenated alkanes) is 2. The summed E-state index contributed by atoms with van der Waals surface area (Å²) in [5.41, 5.74) is 1.26. The molecular formula is C19H30O4. The first kappa shape index (κ1) is 18.2. The van der Waals surface area contributed by atoms with E-state index in [1.54, 1.807) is 0 Å². The van der Waals surface area contributed by atoms with Crippen LogP contribution < -0.4 is 4.74 Å². The molecule has 1 atom stereocenters. The lowest BCUT2D eigenvalue weighted by molar-refractivity contribution is -0.162. The summed E-state index contributed by atoms with van der Waals surface area (Å²) in [5.74, 6) is 0.974. The average molecular weight is 322 g/mol. The summed E-state index contributed by atoms with van der Waals surface area (Å²) < 4.78 is 17.2. The molecule has 1 aliphatic rings. The molecule has 1 aromatic carbocycles. The maximum atomic E-state index is 8.80. The van der Waals surface area contributed by atoms with E-state index < -0.39 is 0 Å². The van der Waals surface area contributed by atoms with Crippen molar-refractivity contribution in [3.05, 3.63) is 29.8 Å². The molecule has 0 saturated carbocycles. The molecule has 4 nitrogen and oxygen atoms in total. The van der Waals surface area contributed by atoms with Crippen molar-refractivity contribution in [3.63, 3.8) is 0 Å². The van der Waals surface area contributed by atoms with Crippen molar-refractivity contribution in [2.75, 3.05) is 26.4 Å². The minimum atomic E-state index is 0.0193. The summed E-state index contributed by atoms with van der Waals surface area (Å²) in [5, 5.41) is 8.80. The molecule has 1 saturated heterocycles. The van der Waals surface area contributed by atoms with Gasteiger partial charge in [0.15, 0.2) is 6.29 Å². The molecule has 0 bridgehead atoms. The Morgan fingerprint density at radius 3 is 2.74 bits per heavy atom. The van der Waals surface area contributed by atoms with E-state index in [1.807, 2.05) is 12.1 Å². The molecule has 0 aromatic heterocycles. The van der Waals surface area contributed by atoms with Gasteiger partial charge < -0.3 is 19.3 Å². The molecule has 1 aliphatic heterocycles. The second-order valence-electron chi connectivity index (χ2n) is 6.01. The van der Waals surface area contributed by atoms with Crippen LogP contribution in [0.25, 0.3) is 0 Å². The monoisotopic (exact) mass is 322 g/mol. The van der Waals surface area contributed by atoms with Crippen LogP contribution in [0.2, 0.25) is 0 Å². The van der Waals surface area contributed by atoms with Gasteiger partial charge in [0.05, 0.1) is 6.61 Å². The fourth-order valence-corrected chi connectivity index (χ4v) is 2.72. The third kappa shape index (κ3) is 7.34. The van der Waals surface area contributed by atoms with Gasteiger partial charge in [0.2, 0.25) is 0 Å². The van der Waals surface area contributed by atoms with E-state index in [0.29, 0.717) is 6.61 Å². The molecule has 1 unspecified atom stereocenters. The SMILES string of the molecule is OCCCCOc1ccccc1CCCCOC1CCCCO1. The number of hydrogen-bond donors (Lipinski definition) is 1. The van der Waals surface area contributed by atoms with Crippen molar-refractivity contribution in [2.45, 2.75) is 57.7 Å². The molecule has 2 rings (SSSR count). The van der Waals surface area contributed by atoms with E-state index >= 15 is 0 Å². The number of para-hydroxylation sites is 1. The van der Waals surface area contributed by atoms with Gasteiger partial charge in [0.1, 0.15) is 5.75 Å². The van der Waals surface area contributed by atoms with Gasteiger partial charge in [-0.05, 0) is 63.0 Å². The van der Waals surface area contributed by atoms with E-state index in [-0.39, 0.29) is 12.9 Å². The summed E-state index contributed by atoms with van der Waals surface area (Å²) in [6, 6.07) is 8.23. The topological polar surface area (TPSA) is 47.9 Å². The van der Waals surface area contributed by atoms with E-state index in [9.17, 15) is 0 Å². The molecule has 23 heavy (non-hydrogen) atoms. The molecule has 130 valence electrons. The van der Waals surface area contributed by atoms with E-state index in [2.05, 4.69) is 12.1 Å². The van der Waals surface area contributed by atoms with Crippen molar-refractivity contribution in [3.8, 4) is 5.75 Å². The number of ether oxygens (including phenoxy) is 3. The number of aliphatic hydroxyl groups is 1. The van der Waals surface area contributed by atoms with Crippen molar-refractivity contribution < 1.29 is 19.3 Å². The standard InChI is InChI=1S/C19H30O4/c20-13-5-8-14-21-18-11-2-1-9-17(18)10-3-6-15-22-19-12-4-7-16-23-19/h1-2,9,11,19-20H,3-8,10,12-16H2. The number of hydrogen-bond acceptors (Lipinski definition) is 4. The summed E-state index contributed by atoms with van der Waals surface area (Å²) in [6.45, 7) is 2.51. The Balaban J connectivity index is 1.62. The Bertz CT molecular complexity index is 416. The third-order valence-electron chi connectivity index (χ3n) is 4.06. The number of rotatable bonds is 11. The van der Waals surface area contributed by atoms with Gasteiger partial charge in [-0.15, -0.1) is 0 Å². The van der Waals surface area contributed by atoms with Crippen LogP contribution in [-0.2, 0) is 15.9 Å². The molecule has 1 N–H and O–H groups in total. The Hall–Kier alpha value is -1.10. The molecule has 0 spiro atoms. The van der Waals surface area contributed by atoms with Crippen LogP contribution in [-0.4, -0.2) is 37.8 Å². The number of aliphatic hydroxyl groups excluding tert-OH is 1. The van der Waals surface area contributed by atoms with Gasteiger partial charge in [-0.25, -0.2) is 0 Å². The summed E-state index contributed by atoms with van der Waals surface area (Å²) >= 11 is 0. The fraction of sp³-hybridized carbons (Fsp3) is 0.684. The Kier molecular flexibility index (Phi) is 9.07. The van der Waals surface area contributed by atoms with Crippen molar-refractivity contribution in [2.24, 2.45) is 0 Å². The smallest absolute Gasteiger partial charge is 0.157 e. The van der Waals surface area contributed by atoms with Crippen molar-refractivity contribution in [1.82, 2.24) is 0 Å². The highest BCUT2D eigenvalue weighted by Crippen LogP contribution is 2.21. The van der Waals surface area contributed by atoms with Crippen LogP contribution >= 0.6 is 0 Å². The highest BCUT2D eigenvalue weighted by Gasteiger charge is 2.13. The number of aryl methyl sites for hydroxylation is 1. The molecule has 0 radical (unpaired) electrons. The largest absolute Gasteiger partial charge is 0.493 e. The predicted octanol–water partition coefficient (Wildman–Crippen LogP) is 3.70.